The number of nitrogens with one attached hydrogen (secondary N) is 1. The van der Waals surface area contributed by atoms with Crippen LogP contribution >= 0.6 is 0 Å². The lowest BCUT2D eigenvalue weighted by atomic mass is 9.90. The van der Waals surface area contributed by atoms with Crippen molar-refractivity contribution < 1.29 is 35.9 Å². The van der Waals surface area contributed by atoms with E-state index >= 15 is 0 Å². The second-order valence-electron chi connectivity index (χ2n) is 7.99. The molecule has 1 aliphatic carbocycles. The zero-order valence-electron chi connectivity index (χ0n) is 18.9. The average Bonchev–Trinajstić information content (AvgIpc) is 3.25. The summed E-state index contributed by atoms with van der Waals surface area (Å²) in [6.07, 6.45) is -1.42. The van der Waals surface area contributed by atoms with Gasteiger partial charge in [-0.2, -0.15) is 23.5 Å². The topological polar surface area (TPSA) is 144 Å². The van der Waals surface area contributed by atoms with Crippen molar-refractivity contribution in [2.24, 2.45) is 0 Å². The molecule has 37 heavy (non-hydrogen) atoms. The Morgan fingerprint density at radius 2 is 1.89 bits per heavy atom. The van der Waals surface area contributed by atoms with Gasteiger partial charge in [0.25, 0.3) is 0 Å². The second kappa shape index (κ2) is 10.1. The van der Waals surface area contributed by atoms with Gasteiger partial charge in [0.2, 0.25) is 10.0 Å². The summed E-state index contributed by atoms with van der Waals surface area (Å²) in [6, 6.07) is 8.82. The minimum absolute atomic E-state index is 0.0544. The Balaban J connectivity index is 1.55. The number of nitrogens with zero attached hydrogens (tertiary/aromatic N) is 4. The smallest absolute Gasteiger partial charge is 0.381 e. The van der Waals surface area contributed by atoms with E-state index < -0.39 is 28.1 Å². The number of pyridine rings is 1. The van der Waals surface area contributed by atoms with Gasteiger partial charge < -0.3 is 4.74 Å². The summed E-state index contributed by atoms with van der Waals surface area (Å²) in [6.45, 7) is -0.155. The standard InChI is InChI=1S/C23H18F3N5O5S/c24-23(25,26)22(33)36-21(32)20-18-7-4-15-13-28-10-8-17(15)19(18)30-31(20)11-1-9-29-37(34,35)16-5-2-14(12-27)3-6-16/h2-3,5-6,8,10,13,29H,1,4,7,9,11H2. The Hall–Kier alpha value is -4.09. The highest BCUT2D eigenvalue weighted by atomic mass is 32.2. The molecule has 4 rings (SSSR count). The SMILES string of the molecule is N#Cc1ccc(S(=O)(=O)NCCCn2nc3c(c2C(=O)OC(=O)C(F)(F)F)CCc2cnccc2-3)cc1. The van der Waals surface area contributed by atoms with Gasteiger partial charge in [0.1, 0.15) is 0 Å². The van der Waals surface area contributed by atoms with Crippen LogP contribution in [0.5, 0.6) is 0 Å². The summed E-state index contributed by atoms with van der Waals surface area (Å²) in [5.41, 5.74) is 2.16. The number of sulfonamides is 1. The van der Waals surface area contributed by atoms with Gasteiger partial charge in [-0.25, -0.2) is 22.7 Å². The third-order valence-corrected chi connectivity index (χ3v) is 7.07. The van der Waals surface area contributed by atoms with Gasteiger partial charge in [-0.15, -0.1) is 0 Å². The van der Waals surface area contributed by atoms with Crippen LogP contribution in [0.15, 0.2) is 47.6 Å². The fourth-order valence-corrected chi connectivity index (χ4v) is 4.95. The summed E-state index contributed by atoms with van der Waals surface area (Å²) in [5.74, 6) is -4.14. The van der Waals surface area contributed by atoms with E-state index in [1.54, 1.807) is 12.3 Å². The maximum atomic E-state index is 12.7. The molecule has 0 aliphatic heterocycles. The number of benzene rings is 1. The van der Waals surface area contributed by atoms with E-state index in [-0.39, 0.29) is 36.5 Å². The van der Waals surface area contributed by atoms with Crippen LogP contribution in [0.4, 0.5) is 13.2 Å². The van der Waals surface area contributed by atoms with Crippen LogP contribution in [0.25, 0.3) is 11.3 Å². The molecular weight excluding hydrogens is 515 g/mol. The predicted octanol–water partition coefficient (Wildman–Crippen LogP) is 2.53. The first kappa shape index (κ1) is 26.0. The molecule has 0 saturated carbocycles. The van der Waals surface area contributed by atoms with Crippen molar-refractivity contribution in [2.45, 2.75) is 36.9 Å². The highest BCUT2D eigenvalue weighted by Crippen LogP contribution is 2.34. The average molecular weight is 533 g/mol. The predicted molar refractivity (Wildman–Crippen MR) is 120 cm³/mol. The lowest BCUT2D eigenvalue weighted by molar-refractivity contribution is -0.193. The summed E-state index contributed by atoms with van der Waals surface area (Å²) in [5, 5.41) is 13.2. The number of rotatable bonds is 7. The molecule has 0 atom stereocenters. The second-order valence-corrected chi connectivity index (χ2v) is 9.76. The zero-order valence-corrected chi connectivity index (χ0v) is 19.8. The van der Waals surface area contributed by atoms with Crippen molar-refractivity contribution in [3.63, 3.8) is 0 Å². The van der Waals surface area contributed by atoms with Gasteiger partial charge >= 0.3 is 18.1 Å². The van der Waals surface area contributed by atoms with E-state index in [0.717, 1.165) is 10.2 Å². The Morgan fingerprint density at radius 1 is 1.16 bits per heavy atom. The molecule has 0 spiro atoms. The fraction of sp³-hybridized carbons (Fsp3) is 0.261. The number of aryl methyl sites for hydroxylation is 2. The van der Waals surface area contributed by atoms with Gasteiger partial charge in [-0.3, -0.25) is 9.67 Å². The van der Waals surface area contributed by atoms with Crippen molar-refractivity contribution in [3.8, 4) is 17.3 Å². The quantitative estimate of drug-likeness (QED) is 0.277. The van der Waals surface area contributed by atoms with Crippen molar-refractivity contribution >= 4 is 22.0 Å². The Bertz CT molecular complexity index is 1510. The van der Waals surface area contributed by atoms with Crippen molar-refractivity contribution in [2.75, 3.05) is 6.54 Å². The first-order valence-corrected chi connectivity index (χ1v) is 12.4. The monoisotopic (exact) mass is 533 g/mol. The van der Waals surface area contributed by atoms with E-state index in [4.69, 9.17) is 5.26 Å². The van der Waals surface area contributed by atoms with Gasteiger partial charge in [0, 0.05) is 36.6 Å². The van der Waals surface area contributed by atoms with Gasteiger partial charge in [0.15, 0.2) is 5.69 Å². The van der Waals surface area contributed by atoms with Gasteiger partial charge in [-0.1, -0.05) is 0 Å². The molecule has 0 bridgehead atoms. The molecule has 0 amide bonds. The van der Waals surface area contributed by atoms with E-state index in [1.807, 2.05) is 6.07 Å². The third-order valence-electron chi connectivity index (χ3n) is 5.60. The number of fused-ring (bicyclic) bond motifs is 3. The number of hydrogen-bond donors (Lipinski definition) is 1. The van der Waals surface area contributed by atoms with E-state index in [0.29, 0.717) is 28.8 Å². The van der Waals surface area contributed by atoms with Crippen molar-refractivity contribution in [1.29, 1.82) is 5.26 Å². The number of halogens is 3. The minimum atomic E-state index is -5.36. The number of ether oxygens (including phenoxy) is 1. The molecule has 0 radical (unpaired) electrons. The van der Waals surface area contributed by atoms with E-state index in [9.17, 15) is 31.2 Å². The summed E-state index contributed by atoms with van der Waals surface area (Å²) >= 11 is 0. The lowest BCUT2D eigenvalue weighted by Crippen LogP contribution is -2.30. The molecule has 10 nitrogen and oxygen atoms in total. The van der Waals surface area contributed by atoms with Crippen LogP contribution in [-0.4, -0.2) is 47.8 Å². The van der Waals surface area contributed by atoms with Crippen LogP contribution in [-0.2, 0) is 38.9 Å². The Kier molecular flexibility index (Phi) is 7.10. The highest BCUT2D eigenvalue weighted by Gasteiger charge is 2.43. The number of alkyl halides is 3. The third kappa shape index (κ3) is 5.52. The number of esters is 2. The molecule has 14 heteroatoms. The summed E-state index contributed by atoms with van der Waals surface area (Å²) < 4.78 is 70.6. The maximum absolute atomic E-state index is 12.7. The molecule has 1 aromatic carbocycles. The maximum Gasteiger partial charge on any atom is 0.491 e. The van der Waals surface area contributed by atoms with Crippen molar-refractivity contribution in [3.05, 3.63) is 65.1 Å². The van der Waals surface area contributed by atoms with E-state index in [1.165, 1.54) is 30.5 Å². The van der Waals surface area contributed by atoms with Crippen LogP contribution in [0.3, 0.4) is 0 Å². The number of carbonyl (C=O) groups excluding carboxylic acids is 2. The lowest BCUT2D eigenvalue weighted by Gasteiger charge is -2.15. The van der Waals surface area contributed by atoms with Crippen LogP contribution in [0.2, 0.25) is 0 Å². The van der Waals surface area contributed by atoms with Crippen LogP contribution in [0.1, 0.15) is 33.6 Å². The van der Waals surface area contributed by atoms with E-state index in [2.05, 4.69) is 19.5 Å². The van der Waals surface area contributed by atoms with Crippen molar-refractivity contribution in [1.82, 2.24) is 19.5 Å². The van der Waals surface area contributed by atoms with Crippen LogP contribution in [0, 0.1) is 11.3 Å². The van der Waals surface area contributed by atoms with Gasteiger partial charge in [-0.05, 0) is 55.2 Å². The first-order valence-electron chi connectivity index (χ1n) is 10.9. The molecule has 1 aliphatic rings. The number of nitriles is 1. The molecule has 0 unspecified atom stereocenters. The Morgan fingerprint density at radius 3 is 2.57 bits per heavy atom. The molecule has 0 fully saturated rings. The highest BCUT2D eigenvalue weighted by molar-refractivity contribution is 7.89. The number of hydrogen-bond acceptors (Lipinski definition) is 8. The molecule has 3 aromatic rings. The Labute approximate surface area is 208 Å². The molecular formula is C23H18F3N5O5S. The molecule has 2 aromatic heterocycles. The normalized spacial score (nSPS) is 12.8. The first-order chi connectivity index (χ1) is 17.5. The van der Waals surface area contributed by atoms with Crippen LogP contribution < -0.4 is 4.72 Å². The summed E-state index contributed by atoms with van der Waals surface area (Å²) in [7, 11) is -3.90. The number of carbonyl (C=O) groups is 2. The number of aromatic nitrogens is 3. The largest absolute Gasteiger partial charge is 0.491 e. The van der Waals surface area contributed by atoms with Gasteiger partial charge in [0.05, 0.1) is 22.2 Å². The molecule has 2 heterocycles. The molecule has 192 valence electrons. The summed E-state index contributed by atoms with van der Waals surface area (Å²) in [4.78, 5) is 27.9. The minimum Gasteiger partial charge on any atom is -0.381 e. The molecule has 1 N–H and O–H groups in total. The fourth-order valence-electron chi connectivity index (χ4n) is 3.88. The molecule has 0 saturated heterocycles. The zero-order chi connectivity index (χ0) is 26.8.